The van der Waals surface area contributed by atoms with Gasteiger partial charge in [-0.1, -0.05) is 34.6 Å². The van der Waals surface area contributed by atoms with Crippen molar-refractivity contribution in [1.82, 2.24) is 20.4 Å². The molecular weight excluding hydrogens is 441 g/mol. The Bertz CT molecular complexity index is 392. The molecule has 0 saturated carbocycles. The third-order valence-electron chi connectivity index (χ3n) is 5.03. The third kappa shape index (κ3) is 9.71. The first-order chi connectivity index (χ1) is 11.8. The highest BCUT2D eigenvalue weighted by atomic mass is 127. The summed E-state index contributed by atoms with van der Waals surface area (Å²) in [6.07, 6.45) is 0.151. The minimum atomic E-state index is 0. The normalized spacial score (nSPS) is 19.6. The molecule has 2 unspecified atom stereocenters. The molecule has 0 spiro atoms. The molecule has 1 heterocycles. The van der Waals surface area contributed by atoms with Gasteiger partial charge >= 0.3 is 0 Å². The molecule has 0 aromatic rings. The summed E-state index contributed by atoms with van der Waals surface area (Å²) >= 11 is 0. The fraction of sp³-hybridized carbons (Fsp3) is 0.947. The summed E-state index contributed by atoms with van der Waals surface area (Å²) in [6.45, 7) is 19.9. The molecule has 0 radical (unpaired) electrons. The standard InChI is InChI=1S/C19H41N5O.HI/c1-8-23-9-11-24(12-10-23)15-16(2)13-21-18(20-6)22-14-17(25-7)19(3,4)5;/h16-17H,8-15H2,1-7H3,(H2,20,21,22);1H. The first-order valence-electron chi connectivity index (χ1n) is 9.72. The van der Waals surface area contributed by atoms with E-state index in [1.165, 1.54) is 32.7 Å². The monoisotopic (exact) mass is 483 g/mol. The smallest absolute Gasteiger partial charge is 0.191 e. The van der Waals surface area contributed by atoms with E-state index in [2.05, 4.69) is 60.0 Å². The largest absolute Gasteiger partial charge is 0.379 e. The van der Waals surface area contributed by atoms with E-state index in [1.807, 2.05) is 7.05 Å². The van der Waals surface area contributed by atoms with Crippen molar-refractivity contribution in [2.75, 3.05) is 66.5 Å². The van der Waals surface area contributed by atoms with Crippen LogP contribution in [-0.4, -0.2) is 88.4 Å². The summed E-state index contributed by atoms with van der Waals surface area (Å²) < 4.78 is 5.60. The molecule has 0 bridgehead atoms. The Morgan fingerprint density at radius 3 is 2.08 bits per heavy atom. The lowest BCUT2D eigenvalue weighted by Gasteiger charge is -2.35. The van der Waals surface area contributed by atoms with Crippen LogP contribution in [0, 0.1) is 11.3 Å². The van der Waals surface area contributed by atoms with Gasteiger partial charge in [-0.3, -0.25) is 4.99 Å². The number of methoxy groups -OCH3 is 1. The minimum Gasteiger partial charge on any atom is -0.379 e. The molecule has 7 heteroatoms. The van der Waals surface area contributed by atoms with E-state index in [-0.39, 0.29) is 35.5 Å². The van der Waals surface area contributed by atoms with E-state index in [1.54, 1.807) is 7.11 Å². The number of nitrogens with one attached hydrogen (secondary N) is 2. The average Bonchev–Trinajstić information content (AvgIpc) is 2.57. The lowest BCUT2D eigenvalue weighted by molar-refractivity contribution is 0.0205. The second kappa shape index (κ2) is 13.1. The van der Waals surface area contributed by atoms with Crippen LogP contribution in [0.15, 0.2) is 4.99 Å². The van der Waals surface area contributed by atoms with Gasteiger partial charge in [0.1, 0.15) is 0 Å². The predicted octanol–water partition coefficient (Wildman–Crippen LogP) is 2.10. The van der Waals surface area contributed by atoms with Gasteiger partial charge in [0.2, 0.25) is 0 Å². The molecular formula is C19H42IN5O. The molecule has 0 amide bonds. The van der Waals surface area contributed by atoms with Crippen LogP contribution in [0.5, 0.6) is 0 Å². The van der Waals surface area contributed by atoms with E-state index < -0.39 is 0 Å². The van der Waals surface area contributed by atoms with Crippen molar-refractivity contribution < 1.29 is 4.74 Å². The van der Waals surface area contributed by atoms with Crippen molar-refractivity contribution in [3.63, 3.8) is 0 Å². The van der Waals surface area contributed by atoms with Crippen molar-refractivity contribution in [3.8, 4) is 0 Å². The predicted molar refractivity (Wildman–Crippen MR) is 123 cm³/mol. The lowest BCUT2D eigenvalue weighted by atomic mass is 9.89. The van der Waals surface area contributed by atoms with Gasteiger partial charge in [0.15, 0.2) is 5.96 Å². The number of hydrogen-bond donors (Lipinski definition) is 2. The highest BCUT2D eigenvalue weighted by molar-refractivity contribution is 14.0. The van der Waals surface area contributed by atoms with Gasteiger partial charge < -0.3 is 25.2 Å². The maximum absolute atomic E-state index is 5.60. The molecule has 1 fully saturated rings. The third-order valence-corrected chi connectivity index (χ3v) is 5.03. The Morgan fingerprint density at radius 2 is 1.62 bits per heavy atom. The van der Waals surface area contributed by atoms with Crippen LogP contribution in [0.25, 0.3) is 0 Å². The van der Waals surface area contributed by atoms with Crippen molar-refractivity contribution in [2.24, 2.45) is 16.3 Å². The fourth-order valence-electron chi connectivity index (χ4n) is 3.22. The van der Waals surface area contributed by atoms with Gasteiger partial charge in [-0.05, 0) is 17.9 Å². The summed E-state index contributed by atoms with van der Waals surface area (Å²) in [5.74, 6) is 1.45. The van der Waals surface area contributed by atoms with Crippen LogP contribution in [0.2, 0.25) is 0 Å². The van der Waals surface area contributed by atoms with E-state index in [0.717, 1.165) is 25.6 Å². The average molecular weight is 483 g/mol. The highest BCUT2D eigenvalue weighted by Gasteiger charge is 2.24. The highest BCUT2D eigenvalue weighted by Crippen LogP contribution is 2.20. The first kappa shape index (κ1) is 25.9. The Kier molecular flexibility index (Phi) is 13.1. The molecule has 156 valence electrons. The number of likely N-dealkylation sites (N-methyl/N-ethyl adjacent to an activating group) is 1. The molecule has 0 aromatic heterocycles. The van der Waals surface area contributed by atoms with Crippen molar-refractivity contribution in [1.29, 1.82) is 0 Å². The number of hydrogen-bond acceptors (Lipinski definition) is 4. The molecule has 6 nitrogen and oxygen atoms in total. The fourth-order valence-corrected chi connectivity index (χ4v) is 3.22. The number of nitrogens with zero attached hydrogens (tertiary/aromatic N) is 3. The van der Waals surface area contributed by atoms with E-state index in [4.69, 9.17) is 4.74 Å². The van der Waals surface area contributed by atoms with Crippen LogP contribution in [-0.2, 0) is 4.74 Å². The van der Waals surface area contributed by atoms with Crippen LogP contribution < -0.4 is 10.6 Å². The summed E-state index contributed by atoms with van der Waals surface area (Å²) in [7, 11) is 3.59. The zero-order valence-corrected chi connectivity index (χ0v) is 20.3. The number of ether oxygens (including phenoxy) is 1. The molecule has 2 N–H and O–H groups in total. The van der Waals surface area contributed by atoms with Gasteiger partial charge in [-0.25, -0.2) is 0 Å². The number of halogens is 1. The summed E-state index contributed by atoms with van der Waals surface area (Å²) in [5.41, 5.74) is 0.106. The van der Waals surface area contributed by atoms with Gasteiger partial charge in [0, 0.05) is 60.0 Å². The summed E-state index contributed by atoms with van der Waals surface area (Å²) in [4.78, 5) is 9.43. The molecule has 1 rings (SSSR count). The Hall–Kier alpha value is -0.120. The van der Waals surface area contributed by atoms with Crippen LogP contribution in [0.1, 0.15) is 34.6 Å². The van der Waals surface area contributed by atoms with Crippen molar-refractivity contribution in [2.45, 2.75) is 40.7 Å². The summed E-state index contributed by atoms with van der Waals surface area (Å²) in [6, 6.07) is 0. The Labute approximate surface area is 178 Å². The zero-order valence-electron chi connectivity index (χ0n) is 18.0. The van der Waals surface area contributed by atoms with Crippen LogP contribution in [0.4, 0.5) is 0 Å². The van der Waals surface area contributed by atoms with Crippen LogP contribution >= 0.6 is 24.0 Å². The second-order valence-corrected chi connectivity index (χ2v) is 8.26. The van der Waals surface area contributed by atoms with Gasteiger partial charge in [-0.2, -0.15) is 0 Å². The number of guanidine groups is 1. The molecule has 0 aliphatic carbocycles. The summed E-state index contributed by atoms with van der Waals surface area (Å²) in [5, 5.41) is 6.85. The number of piperazine rings is 1. The van der Waals surface area contributed by atoms with Gasteiger partial charge in [0.25, 0.3) is 0 Å². The van der Waals surface area contributed by atoms with E-state index in [0.29, 0.717) is 5.92 Å². The van der Waals surface area contributed by atoms with Crippen molar-refractivity contribution >= 4 is 29.9 Å². The lowest BCUT2D eigenvalue weighted by Crippen LogP contribution is -2.49. The molecule has 0 aromatic carbocycles. The Morgan fingerprint density at radius 1 is 1.08 bits per heavy atom. The van der Waals surface area contributed by atoms with Crippen molar-refractivity contribution in [3.05, 3.63) is 0 Å². The maximum atomic E-state index is 5.60. The first-order valence-corrected chi connectivity index (χ1v) is 9.72. The molecule has 1 saturated heterocycles. The van der Waals surface area contributed by atoms with E-state index >= 15 is 0 Å². The topological polar surface area (TPSA) is 52.1 Å². The molecule has 26 heavy (non-hydrogen) atoms. The number of aliphatic imine (C=N–C) groups is 1. The van der Waals surface area contributed by atoms with E-state index in [9.17, 15) is 0 Å². The SMILES string of the molecule is CCN1CCN(CC(C)CNC(=NC)NCC(OC)C(C)(C)C)CC1.I. The Balaban J connectivity index is 0.00000625. The number of rotatable bonds is 8. The molecule has 1 aliphatic rings. The maximum Gasteiger partial charge on any atom is 0.191 e. The second-order valence-electron chi connectivity index (χ2n) is 8.26. The minimum absolute atomic E-state index is 0. The zero-order chi connectivity index (χ0) is 18.9. The molecule has 2 atom stereocenters. The molecule has 1 aliphatic heterocycles. The van der Waals surface area contributed by atoms with Gasteiger partial charge in [-0.15, -0.1) is 24.0 Å². The quantitative estimate of drug-likeness (QED) is 0.315. The van der Waals surface area contributed by atoms with Gasteiger partial charge in [0.05, 0.1) is 6.10 Å². The van der Waals surface area contributed by atoms with Crippen LogP contribution in [0.3, 0.4) is 0 Å².